The van der Waals surface area contributed by atoms with E-state index >= 15 is 0 Å². The standard InChI is InChI=1S/C13H16Br2N2O/c1-8(13(18)17-10-3-4-10)16-7-9-2-5-11(14)12(15)6-9/h2,5-6,8,10,16H,3-4,7H2,1H3,(H,17,18). The smallest absolute Gasteiger partial charge is 0.237 e. The van der Waals surface area contributed by atoms with E-state index in [4.69, 9.17) is 0 Å². The maximum atomic E-state index is 11.7. The summed E-state index contributed by atoms with van der Waals surface area (Å²) in [5.41, 5.74) is 1.15. The summed E-state index contributed by atoms with van der Waals surface area (Å²) >= 11 is 6.90. The fraction of sp³-hybridized carbons (Fsp3) is 0.462. The molecule has 0 bridgehead atoms. The lowest BCUT2D eigenvalue weighted by Gasteiger charge is -2.14. The van der Waals surface area contributed by atoms with Crippen LogP contribution in [0.1, 0.15) is 25.3 Å². The topological polar surface area (TPSA) is 41.1 Å². The van der Waals surface area contributed by atoms with Crippen LogP contribution >= 0.6 is 31.9 Å². The summed E-state index contributed by atoms with van der Waals surface area (Å²) in [5, 5.41) is 6.22. The first-order chi connectivity index (χ1) is 8.56. The Balaban J connectivity index is 1.82. The molecule has 1 amide bonds. The van der Waals surface area contributed by atoms with E-state index in [9.17, 15) is 4.79 Å². The van der Waals surface area contributed by atoms with Gasteiger partial charge in [0.25, 0.3) is 0 Å². The third kappa shape index (κ3) is 4.07. The van der Waals surface area contributed by atoms with Gasteiger partial charge >= 0.3 is 0 Å². The van der Waals surface area contributed by atoms with Crippen molar-refractivity contribution in [3.63, 3.8) is 0 Å². The zero-order valence-corrected chi connectivity index (χ0v) is 13.3. The molecule has 1 atom stereocenters. The lowest BCUT2D eigenvalue weighted by atomic mass is 10.2. The fourth-order valence-corrected chi connectivity index (χ4v) is 2.24. The average Bonchev–Trinajstić information content (AvgIpc) is 3.14. The van der Waals surface area contributed by atoms with Gasteiger partial charge in [0, 0.05) is 21.5 Å². The molecule has 2 N–H and O–H groups in total. The van der Waals surface area contributed by atoms with Gasteiger partial charge in [-0.1, -0.05) is 6.07 Å². The number of rotatable bonds is 5. The largest absolute Gasteiger partial charge is 0.352 e. The van der Waals surface area contributed by atoms with Gasteiger partial charge < -0.3 is 10.6 Å². The molecule has 1 fully saturated rings. The summed E-state index contributed by atoms with van der Waals surface area (Å²) in [7, 11) is 0. The molecule has 0 aliphatic heterocycles. The van der Waals surface area contributed by atoms with Crippen molar-refractivity contribution in [3.8, 4) is 0 Å². The monoisotopic (exact) mass is 374 g/mol. The highest BCUT2D eigenvalue weighted by Gasteiger charge is 2.25. The van der Waals surface area contributed by atoms with Crippen LogP contribution < -0.4 is 10.6 Å². The van der Waals surface area contributed by atoms with Gasteiger partial charge in [-0.2, -0.15) is 0 Å². The van der Waals surface area contributed by atoms with Gasteiger partial charge in [0.1, 0.15) is 0 Å². The minimum Gasteiger partial charge on any atom is -0.352 e. The van der Waals surface area contributed by atoms with Crippen LogP contribution in [-0.2, 0) is 11.3 Å². The predicted octanol–water partition coefficient (Wildman–Crippen LogP) is 2.97. The fourth-order valence-electron chi connectivity index (χ4n) is 1.57. The summed E-state index contributed by atoms with van der Waals surface area (Å²) in [4.78, 5) is 11.7. The molecule has 0 spiro atoms. The van der Waals surface area contributed by atoms with Gasteiger partial charge in [-0.3, -0.25) is 4.79 Å². The lowest BCUT2D eigenvalue weighted by molar-refractivity contribution is -0.122. The van der Waals surface area contributed by atoms with E-state index in [0.29, 0.717) is 12.6 Å². The van der Waals surface area contributed by atoms with Crippen molar-refractivity contribution in [2.45, 2.75) is 38.4 Å². The lowest BCUT2D eigenvalue weighted by Crippen LogP contribution is -2.42. The van der Waals surface area contributed by atoms with Gasteiger partial charge in [0.2, 0.25) is 5.91 Å². The number of amides is 1. The molecule has 98 valence electrons. The molecule has 1 aliphatic carbocycles. The summed E-state index contributed by atoms with van der Waals surface area (Å²) < 4.78 is 2.06. The van der Waals surface area contributed by atoms with Crippen molar-refractivity contribution in [2.24, 2.45) is 0 Å². The molecule has 0 heterocycles. The molecule has 2 rings (SSSR count). The van der Waals surface area contributed by atoms with E-state index in [0.717, 1.165) is 27.4 Å². The van der Waals surface area contributed by atoms with Crippen LogP contribution in [0.5, 0.6) is 0 Å². The second-order valence-corrected chi connectivity index (χ2v) is 6.34. The molecule has 1 saturated carbocycles. The third-order valence-corrected chi connectivity index (χ3v) is 4.79. The Bertz CT molecular complexity index is 447. The van der Waals surface area contributed by atoms with Crippen molar-refractivity contribution < 1.29 is 4.79 Å². The third-order valence-electron chi connectivity index (χ3n) is 2.91. The first kappa shape index (κ1) is 14.0. The Morgan fingerprint density at radius 1 is 1.39 bits per heavy atom. The normalized spacial score (nSPS) is 16.4. The predicted molar refractivity (Wildman–Crippen MR) is 79.3 cm³/mol. The molecule has 1 aliphatic rings. The van der Waals surface area contributed by atoms with E-state index in [-0.39, 0.29) is 11.9 Å². The number of nitrogens with one attached hydrogen (secondary N) is 2. The van der Waals surface area contributed by atoms with Crippen LogP contribution in [0.2, 0.25) is 0 Å². The maximum absolute atomic E-state index is 11.7. The minimum atomic E-state index is -0.159. The average molecular weight is 376 g/mol. The summed E-state index contributed by atoms with van der Waals surface area (Å²) in [6.45, 7) is 2.58. The Morgan fingerprint density at radius 2 is 2.11 bits per heavy atom. The summed E-state index contributed by atoms with van der Waals surface area (Å²) in [5.74, 6) is 0.0914. The minimum absolute atomic E-state index is 0.0914. The molecule has 1 unspecified atom stereocenters. The Labute approximate surface area is 124 Å². The Hall–Kier alpha value is -0.390. The molecular weight excluding hydrogens is 360 g/mol. The molecular formula is C13H16Br2N2O. The van der Waals surface area contributed by atoms with Gasteiger partial charge in [-0.05, 0) is 69.3 Å². The quantitative estimate of drug-likeness (QED) is 0.830. The second kappa shape index (κ2) is 6.17. The zero-order valence-electron chi connectivity index (χ0n) is 10.2. The number of benzene rings is 1. The highest BCUT2D eigenvalue weighted by atomic mass is 79.9. The van der Waals surface area contributed by atoms with E-state index in [1.807, 2.05) is 25.1 Å². The van der Waals surface area contributed by atoms with Gasteiger partial charge in [0.15, 0.2) is 0 Å². The van der Waals surface area contributed by atoms with Crippen molar-refractivity contribution in [1.29, 1.82) is 0 Å². The summed E-state index contributed by atoms with van der Waals surface area (Å²) in [6.07, 6.45) is 2.25. The number of hydrogen-bond acceptors (Lipinski definition) is 2. The second-order valence-electron chi connectivity index (χ2n) is 4.63. The van der Waals surface area contributed by atoms with Crippen LogP contribution in [0.4, 0.5) is 0 Å². The SMILES string of the molecule is CC(NCc1ccc(Br)c(Br)c1)C(=O)NC1CC1. The highest BCUT2D eigenvalue weighted by Crippen LogP contribution is 2.23. The van der Waals surface area contributed by atoms with E-state index in [1.54, 1.807) is 0 Å². The van der Waals surface area contributed by atoms with Crippen LogP contribution in [0.15, 0.2) is 27.1 Å². The van der Waals surface area contributed by atoms with Crippen molar-refractivity contribution >= 4 is 37.8 Å². The van der Waals surface area contributed by atoms with E-state index in [1.165, 1.54) is 0 Å². The Morgan fingerprint density at radius 3 is 2.72 bits per heavy atom. The molecule has 0 radical (unpaired) electrons. The molecule has 1 aromatic carbocycles. The van der Waals surface area contributed by atoms with Gasteiger partial charge in [-0.15, -0.1) is 0 Å². The van der Waals surface area contributed by atoms with Crippen LogP contribution in [0.25, 0.3) is 0 Å². The number of carbonyl (C=O) groups is 1. The molecule has 5 heteroatoms. The first-order valence-corrected chi connectivity index (χ1v) is 7.62. The number of carbonyl (C=O) groups excluding carboxylic acids is 1. The van der Waals surface area contributed by atoms with Crippen molar-refractivity contribution in [3.05, 3.63) is 32.7 Å². The molecule has 1 aromatic rings. The molecule has 0 aromatic heterocycles. The maximum Gasteiger partial charge on any atom is 0.237 e. The van der Waals surface area contributed by atoms with Crippen LogP contribution in [0.3, 0.4) is 0 Å². The van der Waals surface area contributed by atoms with Gasteiger partial charge in [-0.25, -0.2) is 0 Å². The van der Waals surface area contributed by atoms with Gasteiger partial charge in [0.05, 0.1) is 6.04 Å². The van der Waals surface area contributed by atoms with Crippen LogP contribution in [-0.4, -0.2) is 18.0 Å². The molecule has 18 heavy (non-hydrogen) atoms. The van der Waals surface area contributed by atoms with Crippen molar-refractivity contribution in [2.75, 3.05) is 0 Å². The van der Waals surface area contributed by atoms with Crippen LogP contribution in [0, 0.1) is 0 Å². The first-order valence-electron chi connectivity index (χ1n) is 6.04. The van der Waals surface area contributed by atoms with E-state index in [2.05, 4.69) is 42.5 Å². The molecule has 3 nitrogen and oxygen atoms in total. The highest BCUT2D eigenvalue weighted by molar-refractivity contribution is 9.13. The van der Waals surface area contributed by atoms with E-state index < -0.39 is 0 Å². The number of hydrogen-bond donors (Lipinski definition) is 2. The van der Waals surface area contributed by atoms with Crippen molar-refractivity contribution in [1.82, 2.24) is 10.6 Å². The summed E-state index contributed by atoms with van der Waals surface area (Å²) in [6, 6.07) is 6.34. The number of halogens is 2. The zero-order chi connectivity index (χ0) is 13.1. The Kier molecular flexibility index (Phi) is 4.81. The molecule has 0 saturated heterocycles.